The fourth-order valence-corrected chi connectivity index (χ4v) is 0.976. The number of aromatic nitrogens is 1. The molecule has 0 radical (unpaired) electrons. The topological polar surface area (TPSA) is 54.7 Å². The van der Waals surface area contributed by atoms with E-state index in [0.29, 0.717) is 12.5 Å². The Morgan fingerprint density at radius 1 is 1.62 bits per heavy atom. The lowest BCUT2D eigenvalue weighted by molar-refractivity contribution is 0.321. The molecule has 1 heterocycles. The molecule has 0 aliphatic heterocycles. The van der Waals surface area contributed by atoms with E-state index < -0.39 is 0 Å². The van der Waals surface area contributed by atoms with Crippen LogP contribution in [-0.2, 0) is 0 Å². The fourth-order valence-electron chi connectivity index (χ4n) is 0.976. The zero-order valence-electron chi connectivity index (χ0n) is 7.69. The summed E-state index contributed by atoms with van der Waals surface area (Å²) < 4.78 is 5.20. The van der Waals surface area contributed by atoms with Crippen molar-refractivity contribution >= 4 is 6.21 Å². The van der Waals surface area contributed by atoms with Gasteiger partial charge in [0.25, 0.3) is 0 Å². The van der Waals surface area contributed by atoms with E-state index in [2.05, 4.69) is 10.1 Å². The van der Waals surface area contributed by atoms with Crippen LogP contribution < -0.4 is 4.74 Å². The molecule has 0 saturated carbocycles. The molecule has 13 heavy (non-hydrogen) atoms. The van der Waals surface area contributed by atoms with Gasteiger partial charge in [-0.25, -0.2) is 4.98 Å². The molecule has 0 bridgehead atoms. The van der Waals surface area contributed by atoms with Gasteiger partial charge in [-0.2, -0.15) is 0 Å². The third-order valence-corrected chi connectivity index (χ3v) is 1.59. The first-order chi connectivity index (χ1) is 6.27. The number of hydrogen-bond donors (Lipinski definition) is 1. The largest absolute Gasteiger partial charge is 0.478 e. The van der Waals surface area contributed by atoms with Crippen molar-refractivity contribution in [3.63, 3.8) is 0 Å². The summed E-state index contributed by atoms with van der Waals surface area (Å²) in [5.74, 6) is 0.593. The van der Waals surface area contributed by atoms with E-state index in [9.17, 15) is 0 Å². The zero-order valence-corrected chi connectivity index (χ0v) is 7.69. The summed E-state index contributed by atoms with van der Waals surface area (Å²) in [6.45, 7) is 4.33. The van der Waals surface area contributed by atoms with Crippen molar-refractivity contribution < 1.29 is 9.94 Å². The van der Waals surface area contributed by atoms with E-state index in [0.717, 1.165) is 11.3 Å². The number of nitrogens with zero attached hydrogens (tertiary/aromatic N) is 2. The highest BCUT2D eigenvalue weighted by Gasteiger charge is 1.99. The van der Waals surface area contributed by atoms with Gasteiger partial charge in [0.1, 0.15) is 0 Å². The van der Waals surface area contributed by atoms with Crippen LogP contribution in [0.15, 0.2) is 17.3 Å². The first-order valence-electron chi connectivity index (χ1n) is 4.05. The molecular formula is C9H12N2O2. The minimum Gasteiger partial charge on any atom is -0.478 e. The van der Waals surface area contributed by atoms with Crippen molar-refractivity contribution in [3.05, 3.63) is 23.4 Å². The summed E-state index contributed by atoms with van der Waals surface area (Å²) in [5.41, 5.74) is 1.56. The highest BCUT2D eigenvalue weighted by Crippen LogP contribution is 2.10. The van der Waals surface area contributed by atoms with E-state index >= 15 is 0 Å². The van der Waals surface area contributed by atoms with Crippen LogP contribution in [0, 0.1) is 6.92 Å². The smallest absolute Gasteiger partial charge is 0.213 e. The molecule has 0 aromatic carbocycles. The van der Waals surface area contributed by atoms with Crippen molar-refractivity contribution in [1.29, 1.82) is 0 Å². The zero-order chi connectivity index (χ0) is 9.68. The first-order valence-corrected chi connectivity index (χ1v) is 4.05. The van der Waals surface area contributed by atoms with Gasteiger partial charge in [0.05, 0.1) is 18.5 Å². The molecule has 0 saturated heterocycles. The molecule has 70 valence electrons. The van der Waals surface area contributed by atoms with Gasteiger partial charge in [-0.3, -0.25) is 0 Å². The Kier molecular flexibility index (Phi) is 3.25. The van der Waals surface area contributed by atoms with Crippen LogP contribution in [0.1, 0.15) is 18.2 Å². The summed E-state index contributed by atoms with van der Waals surface area (Å²) in [6, 6.07) is 3.54. The maximum atomic E-state index is 8.33. The Labute approximate surface area is 76.9 Å². The number of pyridine rings is 1. The molecule has 0 spiro atoms. The lowest BCUT2D eigenvalue weighted by Gasteiger charge is -2.03. The predicted molar refractivity (Wildman–Crippen MR) is 49.5 cm³/mol. The second-order valence-electron chi connectivity index (χ2n) is 2.50. The lowest BCUT2D eigenvalue weighted by atomic mass is 10.2. The molecule has 0 fully saturated rings. The Bertz CT molecular complexity index is 310. The number of rotatable bonds is 3. The maximum Gasteiger partial charge on any atom is 0.213 e. The van der Waals surface area contributed by atoms with Crippen molar-refractivity contribution in [1.82, 2.24) is 4.98 Å². The van der Waals surface area contributed by atoms with Crippen LogP contribution in [0.2, 0.25) is 0 Å². The molecular weight excluding hydrogens is 168 g/mol. The van der Waals surface area contributed by atoms with E-state index in [1.54, 1.807) is 12.1 Å². The molecule has 4 nitrogen and oxygen atoms in total. The third-order valence-electron chi connectivity index (χ3n) is 1.59. The molecule has 0 amide bonds. The number of aryl methyl sites for hydroxylation is 1. The summed E-state index contributed by atoms with van der Waals surface area (Å²) >= 11 is 0. The van der Waals surface area contributed by atoms with Crippen LogP contribution in [0.3, 0.4) is 0 Å². The normalized spacial score (nSPS) is 10.6. The molecule has 0 atom stereocenters. The third kappa shape index (κ3) is 2.43. The van der Waals surface area contributed by atoms with Crippen molar-refractivity contribution in [2.75, 3.05) is 6.61 Å². The molecule has 1 aromatic rings. The number of hydrogen-bond acceptors (Lipinski definition) is 4. The van der Waals surface area contributed by atoms with Gasteiger partial charge in [0, 0.05) is 11.6 Å². The van der Waals surface area contributed by atoms with Crippen LogP contribution in [0.4, 0.5) is 0 Å². The van der Waals surface area contributed by atoms with E-state index in [-0.39, 0.29) is 0 Å². The molecule has 0 aliphatic carbocycles. The monoisotopic (exact) mass is 180 g/mol. The average Bonchev–Trinajstić information content (AvgIpc) is 2.10. The SMILES string of the molecule is CCOc1ccc(/C=N\O)c(C)n1. The second kappa shape index (κ2) is 4.45. The van der Waals surface area contributed by atoms with Crippen molar-refractivity contribution in [2.24, 2.45) is 5.16 Å². The molecule has 0 aliphatic rings. The predicted octanol–water partition coefficient (Wildman–Crippen LogP) is 1.60. The first kappa shape index (κ1) is 9.51. The van der Waals surface area contributed by atoms with Crippen molar-refractivity contribution in [3.8, 4) is 5.88 Å². The number of ether oxygens (including phenoxy) is 1. The van der Waals surface area contributed by atoms with Crippen LogP contribution in [0.5, 0.6) is 5.88 Å². The summed E-state index contributed by atoms with van der Waals surface area (Å²) in [4.78, 5) is 4.16. The maximum absolute atomic E-state index is 8.33. The molecule has 0 unspecified atom stereocenters. The van der Waals surface area contributed by atoms with E-state index in [1.807, 2.05) is 13.8 Å². The average molecular weight is 180 g/mol. The molecule has 4 heteroatoms. The quantitative estimate of drug-likeness (QED) is 0.436. The van der Waals surface area contributed by atoms with Crippen molar-refractivity contribution in [2.45, 2.75) is 13.8 Å². The summed E-state index contributed by atoms with van der Waals surface area (Å²) in [5, 5.41) is 11.3. The Morgan fingerprint density at radius 3 is 2.92 bits per heavy atom. The van der Waals surface area contributed by atoms with Crippen LogP contribution in [-0.4, -0.2) is 23.0 Å². The van der Waals surface area contributed by atoms with Gasteiger partial charge in [-0.15, -0.1) is 0 Å². The minimum atomic E-state index is 0.593. The van der Waals surface area contributed by atoms with E-state index in [4.69, 9.17) is 9.94 Å². The Hall–Kier alpha value is -1.58. The Balaban J connectivity index is 2.91. The second-order valence-corrected chi connectivity index (χ2v) is 2.50. The van der Waals surface area contributed by atoms with Crippen LogP contribution in [0.25, 0.3) is 0 Å². The summed E-state index contributed by atoms with van der Waals surface area (Å²) in [7, 11) is 0. The molecule has 1 aromatic heterocycles. The van der Waals surface area contributed by atoms with Gasteiger partial charge in [0.2, 0.25) is 5.88 Å². The van der Waals surface area contributed by atoms with Gasteiger partial charge in [-0.1, -0.05) is 5.16 Å². The van der Waals surface area contributed by atoms with Gasteiger partial charge >= 0.3 is 0 Å². The molecule has 1 rings (SSSR count). The lowest BCUT2D eigenvalue weighted by Crippen LogP contribution is -1.98. The minimum absolute atomic E-state index is 0.593. The fraction of sp³-hybridized carbons (Fsp3) is 0.333. The summed E-state index contributed by atoms with van der Waals surface area (Å²) in [6.07, 6.45) is 1.35. The van der Waals surface area contributed by atoms with Gasteiger partial charge in [0.15, 0.2) is 0 Å². The number of oxime groups is 1. The Morgan fingerprint density at radius 2 is 2.38 bits per heavy atom. The highest BCUT2D eigenvalue weighted by molar-refractivity contribution is 5.80. The van der Waals surface area contributed by atoms with Gasteiger partial charge < -0.3 is 9.94 Å². The van der Waals surface area contributed by atoms with Gasteiger partial charge in [-0.05, 0) is 19.9 Å². The molecule has 1 N–H and O–H groups in total. The van der Waals surface area contributed by atoms with E-state index in [1.165, 1.54) is 6.21 Å². The van der Waals surface area contributed by atoms with Crippen LogP contribution >= 0.6 is 0 Å². The highest BCUT2D eigenvalue weighted by atomic mass is 16.5. The standard InChI is InChI=1S/C9H12N2O2/c1-3-13-9-5-4-8(6-10-12)7(2)11-9/h4-6,12H,3H2,1-2H3/b10-6-.